The number of rotatable bonds is 3. The van der Waals surface area contributed by atoms with Gasteiger partial charge in [-0.1, -0.05) is 0 Å². The first-order valence-electron chi connectivity index (χ1n) is 7.05. The van der Waals surface area contributed by atoms with Crippen molar-refractivity contribution in [2.24, 2.45) is 0 Å². The van der Waals surface area contributed by atoms with Crippen molar-refractivity contribution in [2.75, 3.05) is 0 Å². The van der Waals surface area contributed by atoms with Crippen LogP contribution in [0.5, 0.6) is 5.75 Å². The molecule has 1 aliphatic rings. The highest BCUT2D eigenvalue weighted by Gasteiger charge is 2.52. The van der Waals surface area contributed by atoms with Crippen molar-refractivity contribution >= 4 is 12.6 Å². The molecule has 0 atom stereocenters. The maximum atomic E-state index is 14.2. The fraction of sp³-hybridized carbons (Fsp3) is 0.600. The van der Waals surface area contributed by atoms with Gasteiger partial charge < -0.3 is 14.0 Å². The van der Waals surface area contributed by atoms with Crippen molar-refractivity contribution in [2.45, 2.75) is 58.8 Å². The van der Waals surface area contributed by atoms with Crippen molar-refractivity contribution in [1.29, 1.82) is 0 Å². The molecule has 3 nitrogen and oxygen atoms in total. The Kier molecular flexibility index (Phi) is 4.06. The third-order valence-electron chi connectivity index (χ3n) is 3.92. The van der Waals surface area contributed by atoms with E-state index in [0.717, 1.165) is 12.1 Å². The highest BCUT2D eigenvalue weighted by Crippen LogP contribution is 2.37. The second-order valence-corrected chi connectivity index (χ2v) is 6.56. The van der Waals surface area contributed by atoms with E-state index in [2.05, 4.69) is 0 Å². The summed E-state index contributed by atoms with van der Waals surface area (Å²) in [7, 11) is -0.933. The summed E-state index contributed by atoms with van der Waals surface area (Å²) >= 11 is 0. The van der Waals surface area contributed by atoms with E-state index in [1.54, 1.807) is 13.8 Å². The minimum atomic E-state index is -0.933. The summed E-state index contributed by atoms with van der Waals surface area (Å²) in [6, 6.07) is 2.12. The summed E-state index contributed by atoms with van der Waals surface area (Å²) < 4.78 is 45.0. The van der Waals surface area contributed by atoms with Crippen LogP contribution in [0.4, 0.5) is 8.78 Å². The Morgan fingerprint density at radius 3 is 2.00 bits per heavy atom. The lowest BCUT2D eigenvalue weighted by atomic mass is 9.78. The largest absolute Gasteiger partial charge is 0.497 e. The molecule has 0 bridgehead atoms. The molecule has 0 spiro atoms. The van der Waals surface area contributed by atoms with Crippen LogP contribution in [0.25, 0.3) is 0 Å². The van der Waals surface area contributed by atoms with Gasteiger partial charge in [-0.3, -0.25) is 0 Å². The summed E-state index contributed by atoms with van der Waals surface area (Å²) in [5, 5.41) is 0. The lowest BCUT2D eigenvalue weighted by Gasteiger charge is -2.32. The molecule has 0 saturated carbocycles. The van der Waals surface area contributed by atoms with Gasteiger partial charge in [-0.2, -0.15) is 0 Å². The Labute approximate surface area is 124 Å². The number of hydrogen-bond acceptors (Lipinski definition) is 3. The van der Waals surface area contributed by atoms with E-state index in [1.807, 2.05) is 27.7 Å². The van der Waals surface area contributed by atoms with E-state index in [0.29, 0.717) is 0 Å². The van der Waals surface area contributed by atoms with Crippen LogP contribution in [0, 0.1) is 11.6 Å². The molecule has 1 heterocycles. The van der Waals surface area contributed by atoms with Crippen LogP contribution < -0.4 is 10.2 Å². The molecule has 1 aliphatic heterocycles. The van der Waals surface area contributed by atoms with Gasteiger partial charge in [-0.05, 0) is 47.6 Å². The van der Waals surface area contributed by atoms with Gasteiger partial charge in [-0.25, -0.2) is 8.78 Å². The first-order valence-corrected chi connectivity index (χ1v) is 7.05. The third-order valence-corrected chi connectivity index (χ3v) is 3.92. The Balaban J connectivity index is 2.32. The van der Waals surface area contributed by atoms with E-state index in [4.69, 9.17) is 14.0 Å². The highest BCUT2D eigenvalue weighted by atomic mass is 19.1. The van der Waals surface area contributed by atoms with Crippen molar-refractivity contribution < 1.29 is 22.8 Å². The van der Waals surface area contributed by atoms with E-state index < -0.39 is 30.0 Å². The Morgan fingerprint density at radius 1 is 1.00 bits per heavy atom. The zero-order valence-corrected chi connectivity index (χ0v) is 13.3. The average Bonchev–Trinajstić information content (AvgIpc) is 2.52. The van der Waals surface area contributed by atoms with Crippen LogP contribution in [0.1, 0.15) is 41.5 Å². The van der Waals surface area contributed by atoms with E-state index in [-0.39, 0.29) is 17.3 Å². The maximum Gasteiger partial charge on any atom is 0.497 e. The quantitative estimate of drug-likeness (QED) is 0.803. The van der Waals surface area contributed by atoms with Crippen LogP contribution in [-0.2, 0) is 9.31 Å². The number of ether oxygens (including phenoxy) is 1. The molecule has 2 rings (SSSR count). The zero-order chi connectivity index (χ0) is 16.0. The Hall–Kier alpha value is -1.14. The number of hydrogen-bond donors (Lipinski definition) is 0. The molecular formula is C15H21BF2O3. The second kappa shape index (κ2) is 5.25. The number of benzene rings is 1. The monoisotopic (exact) mass is 298 g/mol. The fourth-order valence-corrected chi connectivity index (χ4v) is 2.04. The van der Waals surface area contributed by atoms with E-state index >= 15 is 0 Å². The third kappa shape index (κ3) is 3.06. The van der Waals surface area contributed by atoms with E-state index in [9.17, 15) is 8.78 Å². The van der Waals surface area contributed by atoms with Crippen molar-refractivity contribution in [3.63, 3.8) is 0 Å². The molecule has 1 saturated heterocycles. The van der Waals surface area contributed by atoms with Crippen molar-refractivity contribution in [3.05, 3.63) is 23.8 Å². The lowest BCUT2D eigenvalue weighted by molar-refractivity contribution is 0.00578. The first kappa shape index (κ1) is 16.2. The molecule has 21 heavy (non-hydrogen) atoms. The molecule has 0 aliphatic carbocycles. The van der Waals surface area contributed by atoms with Gasteiger partial charge in [0.15, 0.2) is 11.6 Å². The standard InChI is InChI=1S/C15H21BF2O3/c1-9(2)19-13-8-11(17)10(7-12(13)18)16-20-14(3,4)15(5,6)21-16/h7-9H,1-6H3. The molecule has 0 N–H and O–H groups in total. The molecule has 0 radical (unpaired) electrons. The van der Waals surface area contributed by atoms with Crippen LogP contribution in [0.2, 0.25) is 0 Å². The van der Waals surface area contributed by atoms with E-state index in [1.165, 1.54) is 0 Å². The van der Waals surface area contributed by atoms with Gasteiger partial charge in [0.25, 0.3) is 0 Å². The summed E-state index contributed by atoms with van der Waals surface area (Å²) in [4.78, 5) is 0. The minimum absolute atomic E-state index is 0.0438. The second-order valence-electron chi connectivity index (χ2n) is 6.56. The zero-order valence-electron chi connectivity index (χ0n) is 13.3. The van der Waals surface area contributed by atoms with Gasteiger partial charge in [0.05, 0.1) is 17.3 Å². The molecular weight excluding hydrogens is 277 g/mol. The Bertz CT molecular complexity index is 528. The Morgan fingerprint density at radius 2 is 1.52 bits per heavy atom. The molecule has 0 aromatic heterocycles. The minimum Gasteiger partial charge on any atom is -0.488 e. The molecule has 116 valence electrons. The normalized spacial score (nSPS) is 20.1. The van der Waals surface area contributed by atoms with Gasteiger partial charge in [0.1, 0.15) is 5.82 Å². The topological polar surface area (TPSA) is 27.7 Å². The summed E-state index contributed by atoms with van der Waals surface area (Å²) in [6.07, 6.45) is -0.235. The molecule has 0 amide bonds. The van der Waals surface area contributed by atoms with Crippen LogP contribution in [-0.4, -0.2) is 24.4 Å². The van der Waals surface area contributed by atoms with Gasteiger partial charge in [-0.15, -0.1) is 0 Å². The molecule has 0 unspecified atom stereocenters. The lowest BCUT2D eigenvalue weighted by Crippen LogP contribution is -2.41. The van der Waals surface area contributed by atoms with Gasteiger partial charge in [0, 0.05) is 11.5 Å². The van der Waals surface area contributed by atoms with Gasteiger partial charge in [0.2, 0.25) is 0 Å². The molecule has 1 aromatic rings. The van der Waals surface area contributed by atoms with Crippen LogP contribution in [0.3, 0.4) is 0 Å². The van der Waals surface area contributed by atoms with Crippen molar-refractivity contribution in [1.82, 2.24) is 0 Å². The van der Waals surface area contributed by atoms with Gasteiger partial charge >= 0.3 is 7.12 Å². The summed E-state index contributed by atoms with van der Waals surface area (Å²) in [6.45, 7) is 10.9. The average molecular weight is 298 g/mol. The first-order chi connectivity index (χ1) is 9.53. The predicted molar refractivity (Wildman–Crippen MR) is 77.8 cm³/mol. The van der Waals surface area contributed by atoms with Crippen molar-refractivity contribution in [3.8, 4) is 5.75 Å². The molecule has 1 aromatic carbocycles. The maximum absolute atomic E-state index is 14.2. The summed E-state index contributed by atoms with van der Waals surface area (Å²) in [5.74, 6) is -1.34. The smallest absolute Gasteiger partial charge is 0.488 e. The summed E-state index contributed by atoms with van der Waals surface area (Å²) in [5.41, 5.74) is -1.16. The predicted octanol–water partition coefficient (Wildman–Crippen LogP) is 3.05. The fourth-order valence-electron chi connectivity index (χ4n) is 2.04. The van der Waals surface area contributed by atoms with Crippen LogP contribution >= 0.6 is 0 Å². The number of halogens is 2. The molecule has 1 fully saturated rings. The molecule has 6 heteroatoms. The van der Waals surface area contributed by atoms with Crippen LogP contribution in [0.15, 0.2) is 12.1 Å². The highest BCUT2D eigenvalue weighted by molar-refractivity contribution is 6.62. The SMILES string of the molecule is CC(C)Oc1cc(F)c(B2OC(C)(C)C(C)(C)O2)cc1F.